The Hall–Kier alpha value is -10.7. The lowest BCUT2D eigenvalue weighted by molar-refractivity contribution is 0.590. The van der Waals surface area contributed by atoms with Crippen molar-refractivity contribution in [1.29, 1.82) is 0 Å². The van der Waals surface area contributed by atoms with Crippen LogP contribution in [0.1, 0.15) is 69.4 Å². The van der Waals surface area contributed by atoms with Gasteiger partial charge in [-0.05, 0) is 167 Å². The second-order valence-corrected chi connectivity index (χ2v) is 25.6. The van der Waals surface area contributed by atoms with Gasteiger partial charge >= 0.3 is 0 Å². The molecule has 0 N–H and O–H groups in total. The summed E-state index contributed by atoms with van der Waals surface area (Å²) in [4.78, 5) is 6.43. The number of rotatable bonds is 12. The van der Waals surface area contributed by atoms with E-state index in [0.29, 0.717) is 5.70 Å². The lowest BCUT2D eigenvalue weighted by Gasteiger charge is -2.26. The Kier molecular flexibility index (Phi) is 14.6. The van der Waals surface area contributed by atoms with E-state index < -0.39 is 0 Å². The van der Waals surface area contributed by atoms with Crippen molar-refractivity contribution in [3.8, 4) is 61.3 Å². The van der Waals surface area contributed by atoms with Gasteiger partial charge in [0.05, 0.1) is 35.0 Å². The van der Waals surface area contributed by atoms with Gasteiger partial charge in [0.2, 0.25) is 5.70 Å². The van der Waals surface area contributed by atoms with E-state index in [2.05, 4.69) is 305 Å². The molecule has 14 rings (SSSR count). The summed E-state index contributed by atoms with van der Waals surface area (Å²) < 4.78 is 12.5. The Bertz CT molecular complexity index is 4790. The van der Waals surface area contributed by atoms with Gasteiger partial charge in [-0.25, -0.2) is 4.85 Å². The molecule has 0 unspecified atom stereocenters. The van der Waals surface area contributed by atoms with Gasteiger partial charge < -0.3 is 9.47 Å². The molecule has 89 heavy (non-hydrogen) atoms. The highest BCUT2D eigenvalue weighted by Crippen LogP contribution is 2.44. The highest BCUT2D eigenvalue weighted by molar-refractivity contribution is 7.00. The number of nitrogens with zero attached hydrogens (tertiary/aromatic N) is 5. The molecule has 0 atom stereocenters. The van der Waals surface area contributed by atoms with E-state index in [4.69, 9.17) is 15.3 Å². The molecule has 0 saturated carbocycles. The van der Waals surface area contributed by atoms with Crippen molar-refractivity contribution in [2.24, 2.45) is 0 Å². The molecule has 0 saturated heterocycles. The first-order valence-corrected chi connectivity index (χ1v) is 31.1. The minimum atomic E-state index is 0.0760. The van der Waals surface area contributed by atoms with Crippen molar-refractivity contribution >= 4 is 72.9 Å². The van der Waals surface area contributed by atoms with E-state index in [1.807, 2.05) is 36.4 Å². The Morgan fingerprint density at radius 3 is 1.24 bits per heavy atom. The van der Waals surface area contributed by atoms with Crippen LogP contribution < -0.4 is 4.90 Å². The molecule has 2 aromatic heterocycles. The van der Waals surface area contributed by atoms with Crippen LogP contribution in [0.2, 0.25) is 0 Å². The van der Waals surface area contributed by atoms with Crippen LogP contribution in [0.3, 0.4) is 0 Å². The van der Waals surface area contributed by atoms with Crippen LogP contribution in [0.15, 0.2) is 285 Å². The summed E-state index contributed by atoms with van der Waals surface area (Å²) >= 11 is 1.24. The Morgan fingerprint density at radius 1 is 0.382 bits per heavy atom. The lowest BCUT2D eigenvalue weighted by atomic mass is 9.86. The average Bonchev–Trinajstić information content (AvgIpc) is 2.06. The standard InChI is InChI=1S/C83H65N5S/c1-82(2,3)67-39-27-59(28-40-67)65-37-50-75-73(53-65)74-54-66(60-29-41-68(42-30-60)83(4,5)6)38-51-76(74)88(75)71-47-35-61(36-48-71)72-49-52-77(81-80(72)85-89-86-81)87(69-43-31-57(32-44-69)55-17-11-8-12-18-55)70-45-33-58(34-46-70)56-23-25-64(26-24-56)79(84-7)78(62-19-13-9-14-20-62)63-21-15-10-16-22-63/h8-54H,1-6H3. The maximum atomic E-state index is 8.41. The lowest BCUT2D eigenvalue weighted by Crippen LogP contribution is -2.10. The van der Waals surface area contributed by atoms with Gasteiger partial charge in [-0.2, -0.15) is 8.75 Å². The average molecular weight is 1160 g/mol. The van der Waals surface area contributed by atoms with Crippen molar-refractivity contribution in [1.82, 2.24) is 13.3 Å². The van der Waals surface area contributed by atoms with Crippen LogP contribution in [0.25, 0.3) is 110 Å². The van der Waals surface area contributed by atoms with Crippen LogP contribution in [-0.2, 0) is 10.8 Å². The summed E-state index contributed by atoms with van der Waals surface area (Å²) in [6.07, 6.45) is 0. The second kappa shape index (κ2) is 23.2. The zero-order valence-corrected chi connectivity index (χ0v) is 51.6. The van der Waals surface area contributed by atoms with E-state index in [1.165, 1.54) is 55.9 Å². The van der Waals surface area contributed by atoms with Gasteiger partial charge in [0, 0.05) is 33.4 Å². The van der Waals surface area contributed by atoms with Gasteiger partial charge in [-0.3, -0.25) is 0 Å². The van der Waals surface area contributed by atoms with Gasteiger partial charge in [-0.15, -0.1) is 0 Å². The SMILES string of the molecule is [C-]#[N+]C(=C(c1ccccc1)c1ccccc1)c1ccc(-c2ccc(N(c3ccc(-c4ccccc4)cc3)c3ccc(-c4ccc(-n5c6ccc(-c7ccc(C(C)(C)C)cc7)cc6c6cc(-c7ccc(C(C)(C)C)cc7)ccc65)cc4)c4nsnc34)cc2)cc1. The van der Waals surface area contributed by atoms with E-state index in [9.17, 15) is 0 Å². The van der Waals surface area contributed by atoms with Crippen molar-refractivity contribution in [3.63, 3.8) is 0 Å². The smallest absolute Gasteiger partial charge is 0.202 e. The first-order chi connectivity index (χ1) is 43.3. The van der Waals surface area contributed by atoms with Crippen LogP contribution in [0.4, 0.5) is 17.1 Å². The van der Waals surface area contributed by atoms with Crippen LogP contribution in [0, 0.1) is 6.57 Å². The number of hydrogen-bond acceptors (Lipinski definition) is 4. The van der Waals surface area contributed by atoms with Crippen LogP contribution in [-0.4, -0.2) is 13.3 Å². The third-order valence-corrected chi connectivity index (χ3v) is 17.9. The van der Waals surface area contributed by atoms with Gasteiger partial charge in [0.1, 0.15) is 11.0 Å². The quantitative estimate of drug-likeness (QED) is 0.0904. The van der Waals surface area contributed by atoms with E-state index in [-0.39, 0.29) is 10.8 Å². The summed E-state index contributed by atoms with van der Waals surface area (Å²) in [5, 5.41) is 2.43. The zero-order valence-electron chi connectivity index (χ0n) is 50.8. The molecule has 0 bridgehead atoms. The number of anilines is 3. The molecule has 428 valence electrons. The first kappa shape index (κ1) is 56.1. The molecule has 2 heterocycles. The van der Waals surface area contributed by atoms with Crippen molar-refractivity contribution < 1.29 is 0 Å². The largest absolute Gasteiger partial charge is 0.309 e. The molecule has 0 aliphatic carbocycles. The van der Waals surface area contributed by atoms with Gasteiger partial charge in [-0.1, -0.05) is 254 Å². The molecule has 0 fully saturated rings. The molecular weight excluding hydrogens is 1100 g/mol. The highest BCUT2D eigenvalue weighted by Gasteiger charge is 2.23. The fraction of sp³-hybridized carbons (Fsp3) is 0.0964. The van der Waals surface area contributed by atoms with Gasteiger partial charge in [0.25, 0.3) is 0 Å². The third kappa shape index (κ3) is 10.9. The van der Waals surface area contributed by atoms with E-state index in [1.54, 1.807) is 0 Å². The number of hydrogen-bond donors (Lipinski definition) is 0. The third-order valence-electron chi connectivity index (χ3n) is 17.3. The Balaban J connectivity index is 0.816. The topological polar surface area (TPSA) is 38.3 Å². The van der Waals surface area contributed by atoms with E-state index in [0.717, 1.165) is 100 Å². The van der Waals surface area contributed by atoms with Crippen molar-refractivity contribution in [2.75, 3.05) is 4.90 Å². The molecule has 0 radical (unpaired) electrons. The molecule has 12 aromatic carbocycles. The Morgan fingerprint density at radius 2 is 0.775 bits per heavy atom. The fourth-order valence-corrected chi connectivity index (χ4v) is 13.0. The molecule has 0 spiro atoms. The fourth-order valence-electron chi connectivity index (χ4n) is 12.4. The van der Waals surface area contributed by atoms with Crippen LogP contribution in [0.5, 0.6) is 0 Å². The summed E-state index contributed by atoms with van der Waals surface area (Å²) in [6.45, 7) is 22.0. The summed E-state index contributed by atoms with van der Waals surface area (Å²) in [5.74, 6) is 0. The summed E-state index contributed by atoms with van der Waals surface area (Å²) in [7, 11) is 0. The molecule has 14 aromatic rings. The molecule has 6 heteroatoms. The maximum Gasteiger partial charge on any atom is 0.202 e. The highest BCUT2D eigenvalue weighted by atomic mass is 32.1. The second-order valence-electron chi connectivity index (χ2n) is 25.0. The van der Waals surface area contributed by atoms with E-state index >= 15 is 0 Å². The van der Waals surface area contributed by atoms with Crippen LogP contribution >= 0.6 is 11.7 Å². The number of fused-ring (bicyclic) bond motifs is 4. The molecular formula is C83H65N5S. The molecule has 0 aliphatic heterocycles. The minimum absolute atomic E-state index is 0.0760. The predicted octanol–water partition coefficient (Wildman–Crippen LogP) is 23.0. The first-order valence-electron chi connectivity index (χ1n) is 30.4. The zero-order chi connectivity index (χ0) is 60.8. The summed E-state index contributed by atoms with van der Waals surface area (Å²) in [5.41, 5.74) is 26.5. The number of benzene rings is 12. The summed E-state index contributed by atoms with van der Waals surface area (Å²) in [6, 6.07) is 102. The van der Waals surface area contributed by atoms with Crippen molar-refractivity contribution in [3.05, 3.63) is 324 Å². The normalized spacial score (nSPS) is 11.7. The van der Waals surface area contributed by atoms with Gasteiger partial charge in [0.15, 0.2) is 0 Å². The number of aromatic nitrogens is 3. The van der Waals surface area contributed by atoms with Crippen molar-refractivity contribution in [2.45, 2.75) is 52.4 Å². The predicted molar refractivity (Wildman–Crippen MR) is 376 cm³/mol. The minimum Gasteiger partial charge on any atom is -0.309 e. The molecule has 5 nitrogen and oxygen atoms in total. The molecule has 0 aliphatic rings. The monoisotopic (exact) mass is 1160 g/mol. The Labute approximate surface area is 526 Å². The maximum absolute atomic E-state index is 8.41. The molecule has 0 amide bonds.